The number of benzene rings is 1. The number of aromatic amines is 1. The third kappa shape index (κ3) is 3.52. The van der Waals surface area contributed by atoms with Crippen molar-refractivity contribution in [3.63, 3.8) is 0 Å². The van der Waals surface area contributed by atoms with Crippen LogP contribution in [0, 0.1) is 0 Å². The normalized spacial score (nSPS) is 13.4. The van der Waals surface area contributed by atoms with Gasteiger partial charge in [0.25, 0.3) is 0 Å². The average molecular weight is 301 g/mol. The van der Waals surface area contributed by atoms with Gasteiger partial charge in [-0.2, -0.15) is 0 Å². The molecule has 2 rings (SSSR count). The number of nitrogens with one attached hydrogen (secondary N) is 3. The summed E-state index contributed by atoms with van der Waals surface area (Å²) in [7, 11) is 0. The van der Waals surface area contributed by atoms with Crippen LogP contribution in [0.3, 0.4) is 0 Å². The van der Waals surface area contributed by atoms with E-state index in [0.29, 0.717) is 0 Å². The summed E-state index contributed by atoms with van der Waals surface area (Å²) >= 11 is 0. The monoisotopic (exact) mass is 301 g/mol. The Hall–Kier alpha value is -2.63. The number of carbonyl (C=O) groups is 3. The third-order valence-corrected chi connectivity index (χ3v) is 3.62. The third-order valence-electron chi connectivity index (χ3n) is 3.62. The van der Waals surface area contributed by atoms with Crippen LogP contribution in [0.1, 0.15) is 25.3 Å². The highest BCUT2D eigenvalue weighted by atomic mass is 16.2. The molecule has 22 heavy (non-hydrogen) atoms. The van der Waals surface area contributed by atoms with Crippen LogP contribution in [0.4, 0.5) is 0 Å². The smallest absolute Gasteiger partial charge is 0.239 e. The van der Waals surface area contributed by atoms with Gasteiger partial charge >= 0.3 is 0 Å². The van der Waals surface area contributed by atoms with Gasteiger partial charge in [0.15, 0.2) is 0 Å². The Labute approximate surface area is 128 Å². The van der Waals surface area contributed by atoms with Crippen LogP contribution < -0.4 is 10.6 Å². The number of amides is 2. The Morgan fingerprint density at radius 3 is 2.73 bits per heavy atom. The molecule has 1 aromatic heterocycles. The number of carbonyl (C=O) groups excluding carboxylic acids is 3. The first-order valence-corrected chi connectivity index (χ1v) is 7.08. The van der Waals surface area contributed by atoms with Gasteiger partial charge in [-0.3, -0.25) is 9.59 Å². The topological polar surface area (TPSA) is 91.1 Å². The van der Waals surface area contributed by atoms with Gasteiger partial charge in [0.05, 0.1) is 12.6 Å². The zero-order valence-corrected chi connectivity index (χ0v) is 12.6. The number of fused-ring (bicyclic) bond motifs is 1. The van der Waals surface area contributed by atoms with Gasteiger partial charge in [0, 0.05) is 29.9 Å². The molecule has 0 spiro atoms. The number of para-hydroxylation sites is 1. The molecule has 0 fully saturated rings. The minimum atomic E-state index is -0.652. The van der Waals surface area contributed by atoms with E-state index in [1.165, 1.54) is 6.92 Å². The Kier molecular flexibility index (Phi) is 4.93. The first-order chi connectivity index (χ1) is 10.5. The lowest BCUT2D eigenvalue weighted by atomic mass is 9.93. The highest BCUT2D eigenvalue weighted by Crippen LogP contribution is 2.27. The fraction of sp³-hybridized carbons (Fsp3) is 0.312. The molecule has 2 amide bonds. The molecular weight excluding hydrogens is 282 g/mol. The molecule has 3 N–H and O–H groups in total. The second kappa shape index (κ2) is 6.89. The van der Waals surface area contributed by atoms with Gasteiger partial charge in [-0.25, -0.2) is 0 Å². The van der Waals surface area contributed by atoms with Crippen LogP contribution in [0.25, 0.3) is 10.9 Å². The molecule has 1 aromatic carbocycles. The van der Waals surface area contributed by atoms with Crippen molar-refractivity contribution in [3.05, 3.63) is 36.0 Å². The first kappa shape index (κ1) is 15.8. The molecule has 6 heteroatoms. The lowest BCUT2D eigenvalue weighted by molar-refractivity contribution is -0.126. The van der Waals surface area contributed by atoms with Gasteiger partial charge in [0.1, 0.15) is 6.29 Å². The van der Waals surface area contributed by atoms with Crippen molar-refractivity contribution in [1.82, 2.24) is 15.6 Å². The highest BCUT2D eigenvalue weighted by Gasteiger charge is 2.22. The van der Waals surface area contributed by atoms with E-state index < -0.39 is 6.04 Å². The standard InChI is InChI=1S/C16H19N3O3/c1-10(13-7-18-14-6-4-3-5-12(13)14)15(9-20)19-16(22)8-17-11(2)21/h3-7,9-10,15,18H,8H2,1-2H3,(H,17,21)(H,19,22). The van der Waals surface area contributed by atoms with E-state index in [4.69, 9.17) is 0 Å². The molecule has 0 aliphatic carbocycles. The zero-order valence-electron chi connectivity index (χ0n) is 12.6. The van der Waals surface area contributed by atoms with Gasteiger partial charge in [-0.05, 0) is 11.6 Å². The van der Waals surface area contributed by atoms with E-state index in [9.17, 15) is 14.4 Å². The Balaban J connectivity index is 2.11. The maximum atomic E-state index is 11.8. The number of hydrogen-bond acceptors (Lipinski definition) is 3. The SMILES string of the molecule is CC(=O)NCC(=O)NC(C=O)C(C)c1c[nH]c2ccccc12. The van der Waals surface area contributed by atoms with E-state index in [2.05, 4.69) is 15.6 Å². The fourth-order valence-electron chi connectivity index (χ4n) is 2.38. The van der Waals surface area contributed by atoms with Gasteiger partial charge in [-0.1, -0.05) is 25.1 Å². The maximum Gasteiger partial charge on any atom is 0.239 e. The molecule has 2 aromatic rings. The fourth-order valence-corrected chi connectivity index (χ4v) is 2.38. The maximum absolute atomic E-state index is 11.8. The molecule has 0 radical (unpaired) electrons. The van der Waals surface area contributed by atoms with Crippen molar-refractivity contribution < 1.29 is 14.4 Å². The summed E-state index contributed by atoms with van der Waals surface area (Å²) in [4.78, 5) is 37.1. The zero-order chi connectivity index (χ0) is 16.1. The molecule has 1 heterocycles. The molecule has 0 aliphatic rings. The summed E-state index contributed by atoms with van der Waals surface area (Å²) in [6.45, 7) is 3.08. The molecule has 2 unspecified atom stereocenters. The van der Waals surface area contributed by atoms with Crippen LogP contribution in [0.2, 0.25) is 0 Å². The van der Waals surface area contributed by atoms with Crippen LogP contribution >= 0.6 is 0 Å². The molecule has 0 bridgehead atoms. The van der Waals surface area contributed by atoms with Gasteiger partial charge < -0.3 is 20.4 Å². The predicted molar refractivity (Wildman–Crippen MR) is 83.4 cm³/mol. The molecule has 0 aliphatic heterocycles. The predicted octanol–water partition coefficient (Wildman–Crippen LogP) is 1.09. The van der Waals surface area contributed by atoms with E-state index in [-0.39, 0.29) is 24.3 Å². The number of hydrogen-bond donors (Lipinski definition) is 3. The summed E-state index contributed by atoms with van der Waals surface area (Å²) in [5.74, 6) is -0.864. The Bertz CT molecular complexity index is 693. The molecule has 2 atom stereocenters. The molecule has 0 saturated heterocycles. The lowest BCUT2D eigenvalue weighted by Crippen LogP contribution is -2.44. The van der Waals surface area contributed by atoms with Gasteiger partial charge in [-0.15, -0.1) is 0 Å². The van der Waals surface area contributed by atoms with E-state index in [0.717, 1.165) is 22.8 Å². The molecule has 6 nitrogen and oxygen atoms in total. The van der Waals surface area contributed by atoms with Crippen molar-refractivity contribution >= 4 is 29.0 Å². The van der Waals surface area contributed by atoms with Crippen molar-refractivity contribution in [2.24, 2.45) is 0 Å². The quantitative estimate of drug-likeness (QED) is 0.698. The minimum absolute atomic E-state index is 0.139. The van der Waals surface area contributed by atoms with Crippen molar-refractivity contribution in [2.45, 2.75) is 25.8 Å². The highest BCUT2D eigenvalue weighted by molar-refractivity contribution is 5.87. The van der Waals surface area contributed by atoms with Crippen LogP contribution in [-0.4, -0.2) is 35.7 Å². The van der Waals surface area contributed by atoms with Crippen LogP contribution in [0.5, 0.6) is 0 Å². The van der Waals surface area contributed by atoms with E-state index >= 15 is 0 Å². The summed E-state index contributed by atoms with van der Waals surface area (Å²) in [6, 6.07) is 7.13. The summed E-state index contributed by atoms with van der Waals surface area (Å²) in [5.41, 5.74) is 1.95. The van der Waals surface area contributed by atoms with Crippen LogP contribution in [0.15, 0.2) is 30.5 Å². The first-order valence-electron chi connectivity index (χ1n) is 7.08. The van der Waals surface area contributed by atoms with E-state index in [1.54, 1.807) is 0 Å². The average Bonchev–Trinajstić information content (AvgIpc) is 2.94. The minimum Gasteiger partial charge on any atom is -0.361 e. The van der Waals surface area contributed by atoms with E-state index in [1.807, 2.05) is 37.4 Å². The van der Waals surface area contributed by atoms with Crippen molar-refractivity contribution in [1.29, 1.82) is 0 Å². The van der Waals surface area contributed by atoms with Gasteiger partial charge in [0.2, 0.25) is 11.8 Å². The summed E-state index contributed by atoms with van der Waals surface area (Å²) < 4.78 is 0. The number of aromatic nitrogens is 1. The van der Waals surface area contributed by atoms with Crippen molar-refractivity contribution in [3.8, 4) is 0 Å². The molecule has 116 valence electrons. The summed E-state index contributed by atoms with van der Waals surface area (Å²) in [6.07, 6.45) is 2.57. The van der Waals surface area contributed by atoms with Crippen LogP contribution in [-0.2, 0) is 14.4 Å². The second-order valence-electron chi connectivity index (χ2n) is 5.22. The lowest BCUT2D eigenvalue weighted by Gasteiger charge is -2.20. The largest absolute Gasteiger partial charge is 0.361 e. The molecule has 0 saturated carbocycles. The number of aldehydes is 1. The van der Waals surface area contributed by atoms with Crippen molar-refractivity contribution in [2.75, 3.05) is 6.54 Å². The number of rotatable bonds is 6. The Morgan fingerprint density at radius 2 is 2.05 bits per heavy atom. The second-order valence-corrected chi connectivity index (χ2v) is 5.22. The molecular formula is C16H19N3O3. The number of H-pyrrole nitrogens is 1. The Morgan fingerprint density at radius 1 is 1.32 bits per heavy atom. The summed E-state index contributed by atoms with van der Waals surface area (Å²) in [5, 5.41) is 6.07.